The van der Waals surface area contributed by atoms with Gasteiger partial charge >= 0.3 is 0 Å². The largest absolute Gasteiger partial charge is 0.367 e. The average Bonchev–Trinajstić information content (AvgIpc) is 2.46. The van der Waals surface area contributed by atoms with Gasteiger partial charge in [-0.05, 0) is 36.2 Å². The standard InChI is InChI=1S/C16H16BrCl2N/c1-11(14-5-3-4-6-15(14)19)20(2)16-9-13(18)8-7-12(16)10-17/h3-9,11H,10H2,1-2H3. The van der Waals surface area contributed by atoms with Crippen molar-refractivity contribution in [3.8, 4) is 0 Å². The lowest BCUT2D eigenvalue weighted by molar-refractivity contribution is 0.737. The van der Waals surface area contributed by atoms with Crippen molar-refractivity contribution in [2.45, 2.75) is 18.3 Å². The summed E-state index contributed by atoms with van der Waals surface area (Å²) in [5, 5.41) is 2.32. The maximum Gasteiger partial charge on any atom is 0.0525 e. The van der Waals surface area contributed by atoms with Crippen molar-refractivity contribution in [2.24, 2.45) is 0 Å². The second kappa shape index (κ2) is 6.84. The predicted molar refractivity (Wildman–Crippen MR) is 92.4 cm³/mol. The van der Waals surface area contributed by atoms with Crippen LogP contribution in [0.15, 0.2) is 42.5 Å². The van der Waals surface area contributed by atoms with Crippen molar-refractivity contribution >= 4 is 44.8 Å². The van der Waals surface area contributed by atoms with E-state index >= 15 is 0 Å². The fraction of sp³-hybridized carbons (Fsp3) is 0.250. The molecule has 0 aliphatic carbocycles. The minimum Gasteiger partial charge on any atom is -0.367 e. The van der Waals surface area contributed by atoms with Gasteiger partial charge in [0.1, 0.15) is 0 Å². The molecule has 2 aromatic carbocycles. The molecule has 0 radical (unpaired) electrons. The summed E-state index contributed by atoms with van der Waals surface area (Å²) in [7, 11) is 2.06. The van der Waals surface area contributed by atoms with Crippen LogP contribution in [0.4, 0.5) is 5.69 Å². The van der Waals surface area contributed by atoms with Crippen LogP contribution in [0, 0.1) is 0 Å². The summed E-state index contributed by atoms with van der Waals surface area (Å²) in [4.78, 5) is 2.20. The first-order valence-corrected chi connectivity index (χ1v) is 8.24. The summed E-state index contributed by atoms with van der Waals surface area (Å²) >= 11 is 16.0. The molecular formula is C16H16BrCl2N. The number of nitrogens with zero attached hydrogens (tertiary/aromatic N) is 1. The molecule has 1 atom stereocenters. The molecule has 0 saturated heterocycles. The molecule has 0 fully saturated rings. The van der Waals surface area contributed by atoms with Crippen LogP contribution in [0.5, 0.6) is 0 Å². The van der Waals surface area contributed by atoms with Crippen LogP contribution in [0.25, 0.3) is 0 Å². The van der Waals surface area contributed by atoms with E-state index in [4.69, 9.17) is 23.2 Å². The fourth-order valence-corrected chi connectivity index (χ4v) is 3.14. The van der Waals surface area contributed by atoms with Crippen LogP contribution < -0.4 is 4.90 Å². The van der Waals surface area contributed by atoms with Gasteiger partial charge < -0.3 is 4.90 Å². The number of benzene rings is 2. The third kappa shape index (κ3) is 3.30. The molecule has 2 aromatic rings. The molecule has 0 bridgehead atoms. The van der Waals surface area contributed by atoms with Crippen molar-refractivity contribution in [3.05, 3.63) is 63.6 Å². The molecule has 1 nitrogen and oxygen atoms in total. The number of hydrogen-bond acceptors (Lipinski definition) is 1. The molecule has 0 heterocycles. The lowest BCUT2D eigenvalue weighted by Crippen LogP contribution is -2.23. The van der Waals surface area contributed by atoms with Gasteiger partial charge in [-0.1, -0.05) is 63.4 Å². The number of alkyl halides is 1. The molecule has 0 saturated carbocycles. The normalized spacial score (nSPS) is 12.2. The van der Waals surface area contributed by atoms with E-state index in [1.54, 1.807) is 0 Å². The molecule has 4 heteroatoms. The molecule has 0 spiro atoms. The Bertz CT molecular complexity index is 601. The maximum atomic E-state index is 6.29. The van der Waals surface area contributed by atoms with E-state index in [2.05, 4.69) is 40.9 Å². The average molecular weight is 373 g/mol. The molecular weight excluding hydrogens is 357 g/mol. The number of rotatable bonds is 4. The van der Waals surface area contributed by atoms with Gasteiger partial charge in [0.05, 0.1) is 6.04 Å². The summed E-state index contributed by atoms with van der Waals surface area (Å²) in [5.74, 6) is 0. The quantitative estimate of drug-likeness (QED) is 0.587. The van der Waals surface area contributed by atoms with Crippen LogP contribution in [0.1, 0.15) is 24.1 Å². The van der Waals surface area contributed by atoms with Gasteiger partial charge in [-0.25, -0.2) is 0 Å². The zero-order valence-corrected chi connectivity index (χ0v) is 14.5. The Balaban J connectivity index is 2.38. The predicted octanol–water partition coefficient (Wildman–Crippen LogP) is 6.09. The molecule has 20 heavy (non-hydrogen) atoms. The Labute approximate surface area is 138 Å². The van der Waals surface area contributed by atoms with Crippen LogP contribution in [-0.2, 0) is 5.33 Å². The van der Waals surface area contributed by atoms with Gasteiger partial charge in [0, 0.05) is 28.1 Å². The highest BCUT2D eigenvalue weighted by Crippen LogP contribution is 2.33. The minimum atomic E-state index is 0.167. The monoisotopic (exact) mass is 371 g/mol. The molecule has 2 rings (SSSR count). The van der Waals surface area contributed by atoms with E-state index in [1.165, 1.54) is 5.56 Å². The van der Waals surface area contributed by atoms with Crippen molar-refractivity contribution in [2.75, 3.05) is 11.9 Å². The van der Waals surface area contributed by atoms with E-state index in [0.717, 1.165) is 26.6 Å². The SMILES string of the molecule is CC(c1ccccc1Cl)N(C)c1cc(Cl)ccc1CBr. The molecule has 0 aliphatic heterocycles. The zero-order valence-electron chi connectivity index (χ0n) is 11.4. The lowest BCUT2D eigenvalue weighted by atomic mass is 10.1. The lowest BCUT2D eigenvalue weighted by Gasteiger charge is -2.30. The first-order chi connectivity index (χ1) is 9.54. The van der Waals surface area contributed by atoms with Crippen molar-refractivity contribution in [3.63, 3.8) is 0 Å². The Morgan fingerprint density at radius 2 is 1.85 bits per heavy atom. The maximum absolute atomic E-state index is 6.29. The van der Waals surface area contributed by atoms with Gasteiger partial charge in [-0.15, -0.1) is 0 Å². The molecule has 0 aliphatic rings. The van der Waals surface area contributed by atoms with Crippen LogP contribution in [0.2, 0.25) is 10.0 Å². The summed E-state index contributed by atoms with van der Waals surface area (Å²) in [6, 6.07) is 14.0. The highest BCUT2D eigenvalue weighted by atomic mass is 79.9. The second-order valence-corrected chi connectivity index (χ2v) is 6.12. The van der Waals surface area contributed by atoms with Gasteiger partial charge in [0.25, 0.3) is 0 Å². The van der Waals surface area contributed by atoms with Gasteiger partial charge in [0.2, 0.25) is 0 Å². The third-order valence-electron chi connectivity index (χ3n) is 3.51. The van der Waals surface area contributed by atoms with E-state index in [9.17, 15) is 0 Å². The summed E-state index contributed by atoms with van der Waals surface area (Å²) in [6.45, 7) is 2.14. The Morgan fingerprint density at radius 1 is 1.15 bits per heavy atom. The van der Waals surface area contributed by atoms with E-state index in [-0.39, 0.29) is 6.04 Å². The van der Waals surface area contributed by atoms with E-state index in [0.29, 0.717) is 0 Å². The molecule has 0 amide bonds. The van der Waals surface area contributed by atoms with E-state index < -0.39 is 0 Å². The minimum absolute atomic E-state index is 0.167. The van der Waals surface area contributed by atoms with Crippen molar-refractivity contribution in [1.82, 2.24) is 0 Å². The Morgan fingerprint density at radius 3 is 2.50 bits per heavy atom. The summed E-state index contributed by atoms with van der Waals surface area (Å²) < 4.78 is 0. The molecule has 0 N–H and O–H groups in total. The first-order valence-electron chi connectivity index (χ1n) is 6.36. The summed E-state index contributed by atoms with van der Waals surface area (Å²) in [5.41, 5.74) is 3.43. The third-order valence-corrected chi connectivity index (χ3v) is 4.69. The topological polar surface area (TPSA) is 3.24 Å². The second-order valence-electron chi connectivity index (χ2n) is 4.72. The van der Waals surface area contributed by atoms with Gasteiger partial charge in [-0.3, -0.25) is 0 Å². The molecule has 106 valence electrons. The molecule has 1 unspecified atom stereocenters. The Kier molecular flexibility index (Phi) is 5.36. The van der Waals surface area contributed by atoms with Gasteiger partial charge in [0.15, 0.2) is 0 Å². The smallest absolute Gasteiger partial charge is 0.0525 e. The van der Waals surface area contributed by atoms with Crippen molar-refractivity contribution in [1.29, 1.82) is 0 Å². The molecule has 0 aromatic heterocycles. The first kappa shape index (κ1) is 15.7. The summed E-state index contributed by atoms with van der Waals surface area (Å²) in [6.07, 6.45) is 0. The van der Waals surface area contributed by atoms with Crippen molar-refractivity contribution < 1.29 is 0 Å². The zero-order chi connectivity index (χ0) is 14.7. The number of anilines is 1. The number of halogens is 3. The Hall–Kier alpha value is -0.700. The fourth-order valence-electron chi connectivity index (χ4n) is 2.21. The van der Waals surface area contributed by atoms with Crippen LogP contribution in [-0.4, -0.2) is 7.05 Å². The van der Waals surface area contributed by atoms with Crippen LogP contribution in [0.3, 0.4) is 0 Å². The highest BCUT2D eigenvalue weighted by molar-refractivity contribution is 9.08. The van der Waals surface area contributed by atoms with Gasteiger partial charge in [-0.2, -0.15) is 0 Å². The van der Waals surface area contributed by atoms with Crippen LogP contribution >= 0.6 is 39.1 Å². The highest BCUT2D eigenvalue weighted by Gasteiger charge is 2.17. The number of hydrogen-bond donors (Lipinski definition) is 0. The van der Waals surface area contributed by atoms with E-state index in [1.807, 2.05) is 36.4 Å².